The topological polar surface area (TPSA) is 64.5 Å². The van der Waals surface area contributed by atoms with E-state index in [9.17, 15) is 10.2 Å². The number of nitrogens with one attached hydrogen (secondary N) is 2. The SMILES string of the molecule is OC(Nc1ccc(Cc2ccc(NC(O)=C3C=CC=C3)cc2)cc1)=C1C=CC=C1. The highest BCUT2D eigenvalue weighted by Gasteiger charge is 2.05. The van der Waals surface area contributed by atoms with E-state index in [1.165, 1.54) is 11.1 Å². The molecule has 0 atom stereocenters. The van der Waals surface area contributed by atoms with Gasteiger partial charge in [0.1, 0.15) is 0 Å². The molecule has 4 rings (SSSR count). The summed E-state index contributed by atoms with van der Waals surface area (Å²) in [5, 5.41) is 26.2. The molecule has 0 fully saturated rings. The minimum Gasteiger partial charge on any atom is -0.494 e. The molecule has 0 amide bonds. The van der Waals surface area contributed by atoms with Crippen LogP contribution in [0.1, 0.15) is 11.1 Å². The maximum atomic E-state index is 10.1. The lowest BCUT2D eigenvalue weighted by Gasteiger charge is -2.09. The first-order valence-electron chi connectivity index (χ1n) is 9.45. The molecular formula is C25H22N2O2. The summed E-state index contributed by atoms with van der Waals surface area (Å²) in [5.41, 5.74) is 5.57. The van der Waals surface area contributed by atoms with Crippen molar-refractivity contribution >= 4 is 11.4 Å². The molecule has 144 valence electrons. The molecule has 0 aliphatic heterocycles. The normalized spacial score (nSPS) is 13.9. The van der Waals surface area contributed by atoms with Gasteiger partial charge in [-0.1, -0.05) is 48.6 Å². The molecule has 0 heterocycles. The molecule has 0 aromatic heterocycles. The molecule has 4 heteroatoms. The molecule has 0 saturated heterocycles. The van der Waals surface area contributed by atoms with E-state index >= 15 is 0 Å². The molecule has 4 N–H and O–H groups in total. The first-order valence-corrected chi connectivity index (χ1v) is 9.45. The molecule has 2 aliphatic rings. The fourth-order valence-electron chi connectivity index (χ4n) is 3.13. The van der Waals surface area contributed by atoms with Crippen molar-refractivity contribution in [2.45, 2.75) is 6.42 Å². The van der Waals surface area contributed by atoms with E-state index in [0.717, 1.165) is 28.9 Å². The third-order valence-electron chi connectivity index (χ3n) is 4.71. The summed E-state index contributed by atoms with van der Waals surface area (Å²) in [4.78, 5) is 0. The van der Waals surface area contributed by atoms with E-state index in [0.29, 0.717) is 0 Å². The van der Waals surface area contributed by atoms with Crippen LogP contribution in [-0.4, -0.2) is 10.2 Å². The van der Waals surface area contributed by atoms with Gasteiger partial charge in [-0.3, -0.25) is 0 Å². The van der Waals surface area contributed by atoms with E-state index < -0.39 is 0 Å². The summed E-state index contributed by atoms with van der Waals surface area (Å²) < 4.78 is 0. The van der Waals surface area contributed by atoms with Crippen LogP contribution in [0.2, 0.25) is 0 Å². The molecule has 0 saturated carbocycles. The quantitative estimate of drug-likeness (QED) is 0.470. The minimum atomic E-state index is 0.146. The van der Waals surface area contributed by atoms with Gasteiger partial charge in [-0.25, -0.2) is 0 Å². The maximum Gasteiger partial charge on any atom is 0.196 e. The predicted octanol–water partition coefficient (Wildman–Crippen LogP) is 5.89. The van der Waals surface area contributed by atoms with Crippen LogP contribution >= 0.6 is 0 Å². The number of anilines is 2. The number of hydrogen-bond acceptors (Lipinski definition) is 4. The van der Waals surface area contributed by atoms with Crippen LogP contribution in [0.15, 0.2) is 120 Å². The van der Waals surface area contributed by atoms with Gasteiger partial charge in [0.2, 0.25) is 0 Å². The Balaban J connectivity index is 1.37. The smallest absolute Gasteiger partial charge is 0.196 e. The highest BCUT2D eigenvalue weighted by molar-refractivity contribution is 5.54. The zero-order chi connectivity index (χ0) is 20.1. The number of hydrogen-bond donors (Lipinski definition) is 4. The fraction of sp³-hybridized carbons (Fsp3) is 0.0400. The first kappa shape index (κ1) is 18.4. The predicted molar refractivity (Wildman–Crippen MR) is 119 cm³/mol. The molecule has 0 unspecified atom stereocenters. The van der Waals surface area contributed by atoms with Gasteiger partial charge in [-0.2, -0.15) is 0 Å². The van der Waals surface area contributed by atoms with Crippen molar-refractivity contribution in [3.05, 3.63) is 131 Å². The summed E-state index contributed by atoms with van der Waals surface area (Å²) in [6.45, 7) is 0. The van der Waals surface area contributed by atoms with Gasteiger partial charge in [0, 0.05) is 22.5 Å². The zero-order valence-electron chi connectivity index (χ0n) is 15.8. The number of benzene rings is 2. The van der Waals surface area contributed by atoms with Gasteiger partial charge < -0.3 is 20.8 Å². The van der Waals surface area contributed by atoms with Gasteiger partial charge in [-0.05, 0) is 66.1 Å². The third kappa shape index (κ3) is 4.68. The van der Waals surface area contributed by atoms with Gasteiger partial charge in [0.25, 0.3) is 0 Å². The zero-order valence-corrected chi connectivity index (χ0v) is 15.8. The third-order valence-corrected chi connectivity index (χ3v) is 4.71. The average molecular weight is 382 g/mol. The molecule has 2 aromatic carbocycles. The van der Waals surface area contributed by atoms with Crippen molar-refractivity contribution in [2.75, 3.05) is 10.6 Å². The lowest BCUT2D eigenvalue weighted by molar-refractivity contribution is 0.416. The molecular weight excluding hydrogens is 360 g/mol. The second kappa shape index (κ2) is 8.40. The van der Waals surface area contributed by atoms with E-state index in [2.05, 4.69) is 10.6 Å². The molecule has 2 aliphatic carbocycles. The highest BCUT2D eigenvalue weighted by atomic mass is 16.3. The van der Waals surface area contributed by atoms with Gasteiger partial charge in [-0.15, -0.1) is 0 Å². The van der Waals surface area contributed by atoms with Crippen LogP contribution in [0.25, 0.3) is 0 Å². The van der Waals surface area contributed by atoms with Crippen molar-refractivity contribution in [1.29, 1.82) is 0 Å². The van der Waals surface area contributed by atoms with E-state index in [1.54, 1.807) is 0 Å². The van der Waals surface area contributed by atoms with Gasteiger partial charge in [0.15, 0.2) is 11.8 Å². The molecule has 0 radical (unpaired) electrons. The Morgan fingerprint density at radius 3 is 1.24 bits per heavy atom. The number of allylic oxidation sites excluding steroid dienone is 10. The summed E-state index contributed by atoms with van der Waals surface area (Å²) in [7, 11) is 0. The van der Waals surface area contributed by atoms with Crippen LogP contribution < -0.4 is 10.6 Å². The maximum absolute atomic E-state index is 10.1. The summed E-state index contributed by atoms with van der Waals surface area (Å²) >= 11 is 0. The summed E-state index contributed by atoms with van der Waals surface area (Å²) in [6.07, 6.45) is 15.8. The van der Waals surface area contributed by atoms with Crippen molar-refractivity contribution in [2.24, 2.45) is 0 Å². The van der Waals surface area contributed by atoms with Crippen molar-refractivity contribution < 1.29 is 10.2 Å². The van der Waals surface area contributed by atoms with Crippen molar-refractivity contribution in [3.63, 3.8) is 0 Å². The summed E-state index contributed by atoms with van der Waals surface area (Å²) in [6, 6.07) is 16.0. The molecule has 29 heavy (non-hydrogen) atoms. The second-order valence-electron chi connectivity index (χ2n) is 6.86. The van der Waals surface area contributed by atoms with E-state index in [1.807, 2.05) is 97.1 Å². The van der Waals surface area contributed by atoms with Gasteiger partial charge in [0.05, 0.1) is 0 Å². The minimum absolute atomic E-state index is 0.146. The lowest BCUT2D eigenvalue weighted by Crippen LogP contribution is -2.01. The fourth-order valence-corrected chi connectivity index (χ4v) is 3.13. The number of aliphatic hydroxyl groups is 2. The standard InChI is InChI=1S/C25H22N2O2/c28-24(20-5-1-2-6-20)26-22-13-9-18(10-14-22)17-19-11-15-23(16-12-19)27-25(29)21-7-3-4-8-21/h1-16,26-29H,17H2. The van der Waals surface area contributed by atoms with Gasteiger partial charge >= 0.3 is 0 Å². The monoisotopic (exact) mass is 382 g/mol. The Kier molecular flexibility index (Phi) is 5.34. The largest absolute Gasteiger partial charge is 0.494 e. The van der Waals surface area contributed by atoms with E-state index in [4.69, 9.17) is 0 Å². The van der Waals surface area contributed by atoms with Crippen LogP contribution in [0.5, 0.6) is 0 Å². The van der Waals surface area contributed by atoms with Crippen molar-refractivity contribution in [3.8, 4) is 0 Å². The van der Waals surface area contributed by atoms with E-state index in [-0.39, 0.29) is 11.8 Å². The first-order chi connectivity index (χ1) is 14.2. The molecule has 0 spiro atoms. The summed E-state index contributed by atoms with van der Waals surface area (Å²) in [5.74, 6) is 0.292. The Hall–Kier alpha value is -3.92. The van der Waals surface area contributed by atoms with Crippen LogP contribution in [0.4, 0.5) is 11.4 Å². The highest BCUT2D eigenvalue weighted by Crippen LogP contribution is 2.20. The molecule has 4 nitrogen and oxygen atoms in total. The molecule has 2 aromatic rings. The Labute approximate surface area is 170 Å². The Morgan fingerprint density at radius 2 is 0.897 bits per heavy atom. The average Bonchev–Trinajstić information content (AvgIpc) is 3.45. The van der Waals surface area contributed by atoms with Crippen LogP contribution in [0.3, 0.4) is 0 Å². The molecule has 0 bridgehead atoms. The Bertz CT molecular complexity index is 951. The number of rotatable bonds is 6. The van der Waals surface area contributed by atoms with Crippen LogP contribution in [-0.2, 0) is 6.42 Å². The Morgan fingerprint density at radius 1 is 0.552 bits per heavy atom. The lowest BCUT2D eigenvalue weighted by atomic mass is 10.0. The van der Waals surface area contributed by atoms with Crippen LogP contribution in [0, 0.1) is 0 Å². The van der Waals surface area contributed by atoms with Crippen molar-refractivity contribution in [1.82, 2.24) is 0 Å². The second-order valence-corrected chi connectivity index (χ2v) is 6.86. The number of aliphatic hydroxyl groups excluding tert-OH is 2.